The predicted molar refractivity (Wildman–Crippen MR) is 81.6 cm³/mol. The lowest BCUT2D eigenvalue weighted by atomic mass is 10.2. The van der Waals surface area contributed by atoms with Crippen LogP contribution in [0.1, 0.15) is 5.56 Å². The largest absolute Gasteiger partial charge is 0.326 e. The van der Waals surface area contributed by atoms with Gasteiger partial charge in [0.15, 0.2) is 0 Å². The Balaban J connectivity index is 2.47. The van der Waals surface area contributed by atoms with Gasteiger partial charge >= 0.3 is 0 Å². The maximum absolute atomic E-state index is 12.4. The fourth-order valence-electron chi connectivity index (χ4n) is 1.73. The molecule has 0 aliphatic heterocycles. The summed E-state index contributed by atoms with van der Waals surface area (Å²) in [5.41, 5.74) is 6.67. The number of para-hydroxylation sites is 1. The molecule has 0 amide bonds. The van der Waals surface area contributed by atoms with E-state index in [0.29, 0.717) is 11.3 Å². The quantitative estimate of drug-likeness (QED) is 0.903. The van der Waals surface area contributed by atoms with Crippen LogP contribution in [0.25, 0.3) is 0 Å². The van der Waals surface area contributed by atoms with Gasteiger partial charge in [0.25, 0.3) is 10.0 Å². The minimum absolute atomic E-state index is 0.0650. The Hall–Kier alpha value is -1.27. The fourth-order valence-corrected chi connectivity index (χ4v) is 3.98. The number of benzene rings is 2. The fraction of sp³-hybridized carbons (Fsp3) is 0.0769. The third-order valence-electron chi connectivity index (χ3n) is 2.67. The van der Waals surface area contributed by atoms with E-state index in [1.165, 1.54) is 12.1 Å². The molecule has 7 heteroatoms. The number of sulfonamides is 1. The second kappa shape index (κ2) is 6.01. The van der Waals surface area contributed by atoms with Crippen LogP contribution >= 0.6 is 23.2 Å². The minimum atomic E-state index is -3.88. The summed E-state index contributed by atoms with van der Waals surface area (Å²) >= 11 is 11.9. The molecule has 2 aromatic carbocycles. The van der Waals surface area contributed by atoms with Crippen molar-refractivity contribution in [2.45, 2.75) is 11.4 Å². The summed E-state index contributed by atoms with van der Waals surface area (Å²) in [6.07, 6.45) is 0. The zero-order valence-corrected chi connectivity index (χ0v) is 12.6. The summed E-state index contributed by atoms with van der Waals surface area (Å²) in [5.74, 6) is 0. The molecule has 2 rings (SSSR count). The number of hydrogen-bond acceptors (Lipinski definition) is 3. The SMILES string of the molecule is NCc1ccccc1NS(=O)(=O)c1c(Cl)cccc1Cl. The summed E-state index contributed by atoms with van der Waals surface area (Å²) in [7, 11) is -3.88. The Morgan fingerprint density at radius 3 is 2.20 bits per heavy atom. The zero-order chi connectivity index (χ0) is 14.8. The zero-order valence-electron chi connectivity index (χ0n) is 10.3. The first-order valence-electron chi connectivity index (χ1n) is 5.70. The molecule has 4 nitrogen and oxygen atoms in total. The molecule has 0 heterocycles. The van der Waals surface area contributed by atoms with Gasteiger partial charge in [-0.1, -0.05) is 47.5 Å². The van der Waals surface area contributed by atoms with E-state index in [1.807, 2.05) is 0 Å². The van der Waals surface area contributed by atoms with E-state index in [4.69, 9.17) is 28.9 Å². The van der Waals surface area contributed by atoms with Crippen LogP contribution < -0.4 is 10.5 Å². The van der Waals surface area contributed by atoms with Crippen molar-refractivity contribution in [1.82, 2.24) is 0 Å². The van der Waals surface area contributed by atoms with Gasteiger partial charge in [-0.25, -0.2) is 8.42 Å². The number of nitrogens with one attached hydrogen (secondary N) is 1. The molecular formula is C13H12Cl2N2O2S. The predicted octanol–water partition coefficient (Wildman–Crippen LogP) is 3.25. The lowest BCUT2D eigenvalue weighted by Crippen LogP contribution is -2.16. The van der Waals surface area contributed by atoms with E-state index >= 15 is 0 Å². The number of hydrogen-bond donors (Lipinski definition) is 2. The first kappa shape index (κ1) is 15.1. The molecule has 0 aromatic heterocycles. The van der Waals surface area contributed by atoms with Gasteiger partial charge < -0.3 is 5.73 Å². The highest BCUT2D eigenvalue weighted by atomic mass is 35.5. The molecular weight excluding hydrogens is 319 g/mol. The third-order valence-corrected chi connectivity index (χ3v) is 4.99. The monoisotopic (exact) mass is 330 g/mol. The highest BCUT2D eigenvalue weighted by Crippen LogP contribution is 2.31. The van der Waals surface area contributed by atoms with Crippen LogP contribution in [0, 0.1) is 0 Å². The number of nitrogens with two attached hydrogens (primary N) is 1. The molecule has 0 unspecified atom stereocenters. The molecule has 2 aromatic rings. The number of anilines is 1. The average molecular weight is 331 g/mol. The van der Waals surface area contributed by atoms with Crippen molar-refractivity contribution in [2.24, 2.45) is 5.73 Å². The van der Waals surface area contributed by atoms with Gasteiger partial charge in [-0.05, 0) is 23.8 Å². The van der Waals surface area contributed by atoms with Gasteiger partial charge in [-0.3, -0.25) is 4.72 Å². The summed E-state index contributed by atoms with van der Waals surface area (Å²) < 4.78 is 27.2. The van der Waals surface area contributed by atoms with Gasteiger partial charge in [0.2, 0.25) is 0 Å². The Bertz CT molecular complexity index is 713. The average Bonchev–Trinajstić information content (AvgIpc) is 2.38. The van der Waals surface area contributed by atoms with Crippen molar-refractivity contribution in [3.05, 3.63) is 58.1 Å². The van der Waals surface area contributed by atoms with Crippen molar-refractivity contribution in [3.8, 4) is 0 Å². The number of halogens is 2. The molecule has 0 bridgehead atoms. The van der Waals surface area contributed by atoms with Crippen LogP contribution in [0.5, 0.6) is 0 Å². The Kier molecular flexibility index (Phi) is 4.55. The molecule has 0 spiro atoms. The molecule has 0 aliphatic carbocycles. The second-order valence-corrected chi connectivity index (χ2v) is 6.45. The molecule has 0 saturated heterocycles. The number of rotatable bonds is 4. The van der Waals surface area contributed by atoms with Crippen LogP contribution in [0.4, 0.5) is 5.69 Å². The summed E-state index contributed by atoms with van der Waals surface area (Å²) in [5, 5.41) is 0.130. The van der Waals surface area contributed by atoms with E-state index < -0.39 is 10.0 Å². The molecule has 0 atom stereocenters. The van der Waals surface area contributed by atoms with Crippen molar-refractivity contribution in [3.63, 3.8) is 0 Å². The third kappa shape index (κ3) is 3.07. The van der Waals surface area contributed by atoms with Crippen molar-refractivity contribution in [2.75, 3.05) is 4.72 Å². The Morgan fingerprint density at radius 2 is 1.60 bits per heavy atom. The topological polar surface area (TPSA) is 72.2 Å². The lowest BCUT2D eigenvalue weighted by molar-refractivity contribution is 0.601. The first-order chi connectivity index (χ1) is 9.45. The standard InChI is InChI=1S/C13H12Cl2N2O2S/c14-10-5-3-6-11(15)13(10)20(18,19)17-12-7-2-1-4-9(12)8-16/h1-7,17H,8,16H2. The van der Waals surface area contributed by atoms with E-state index in [0.717, 1.165) is 0 Å². The molecule has 0 saturated carbocycles. The first-order valence-corrected chi connectivity index (χ1v) is 7.94. The highest BCUT2D eigenvalue weighted by molar-refractivity contribution is 7.93. The molecule has 0 aliphatic rings. The minimum Gasteiger partial charge on any atom is -0.326 e. The molecule has 3 N–H and O–H groups in total. The van der Waals surface area contributed by atoms with Crippen LogP contribution in [-0.4, -0.2) is 8.42 Å². The van der Waals surface area contributed by atoms with E-state index in [1.54, 1.807) is 30.3 Å². The summed E-state index contributed by atoms with van der Waals surface area (Å²) in [6, 6.07) is 11.4. The Morgan fingerprint density at radius 1 is 1.00 bits per heavy atom. The van der Waals surface area contributed by atoms with E-state index in [9.17, 15) is 8.42 Å². The Labute approximate surface area is 127 Å². The molecule has 106 valence electrons. The summed E-state index contributed by atoms with van der Waals surface area (Å²) in [6.45, 7) is 0.217. The second-order valence-electron chi connectivity index (χ2n) is 4.02. The van der Waals surface area contributed by atoms with Crippen LogP contribution in [0.15, 0.2) is 47.4 Å². The van der Waals surface area contributed by atoms with E-state index in [2.05, 4.69) is 4.72 Å². The van der Waals surface area contributed by atoms with Gasteiger partial charge in [0.1, 0.15) is 4.90 Å². The van der Waals surface area contributed by atoms with Crippen molar-refractivity contribution >= 4 is 38.9 Å². The lowest BCUT2D eigenvalue weighted by Gasteiger charge is -2.13. The molecule has 0 fully saturated rings. The summed E-state index contributed by atoms with van der Waals surface area (Å²) in [4.78, 5) is -0.143. The van der Waals surface area contributed by atoms with Gasteiger partial charge in [0, 0.05) is 6.54 Å². The smallest absolute Gasteiger partial charge is 0.264 e. The van der Waals surface area contributed by atoms with Crippen LogP contribution in [-0.2, 0) is 16.6 Å². The van der Waals surface area contributed by atoms with Crippen molar-refractivity contribution < 1.29 is 8.42 Å². The van der Waals surface area contributed by atoms with Crippen molar-refractivity contribution in [1.29, 1.82) is 0 Å². The van der Waals surface area contributed by atoms with Gasteiger partial charge in [-0.2, -0.15) is 0 Å². The van der Waals surface area contributed by atoms with Crippen LogP contribution in [0.2, 0.25) is 10.0 Å². The highest BCUT2D eigenvalue weighted by Gasteiger charge is 2.22. The molecule has 0 radical (unpaired) electrons. The van der Waals surface area contributed by atoms with Gasteiger partial charge in [0.05, 0.1) is 15.7 Å². The van der Waals surface area contributed by atoms with E-state index in [-0.39, 0.29) is 21.5 Å². The van der Waals surface area contributed by atoms with Crippen LogP contribution in [0.3, 0.4) is 0 Å². The van der Waals surface area contributed by atoms with Gasteiger partial charge in [-0.15, -0.1) is 0 Å². The maximum atomic E-state index is 12.4. The molecule has 20 heavy (non-hydrogen) atoms. The maximum Gasteiger partial charge on any atom is 0.264 e. The normalized spacial score (nSPS) is 11.3.